The van der Waals surface area contributed by atoms with Gasteiger partial charge in [0.25, 0.3) is 0 Å². The summed E-state index contributed by atoms with van der Waals surface area (Å²) in [4.78, 5) is 42.1. The van der Waals surface area contributed by atoms with Gasteiger partial charge in [-0.1, -0.05) is 26.2 Å². The van der Waals surface area contributed by atoms with E-state index in [4.69, 9.17) is 4.74 Å². The van der Waals surface area contributed by atoms with Crippen LogP contribution in [0.5, 0.6) is 5.75 Å². The summed E-state index contributed by atoms with van der Waals surface area (Å²) in [6.45, 7) is 3.73. The molecule has 2 aliphatic rings. The molecule has 1 aliphatic heterocycles. The van der Waals surface area contributed by atoms with Gasteiger partial charge in [0.2, 0.25) is 5.91 Å². The molecule has 0 bridgehead atoms. The van der Waals surface area contributed by atoms with E-state index in [9.17, 15) is 32.7 Å². The standard InChI is InChI=1S/C32H42F3N5O5/c1-20-17-40(21(2)19-41)29(42)16-22-15-26(37-30(43)36-24-7-5-4-6-8-24)13-14-27(22)45-28(20)18-39(3)31(44)38-25-11-9-23(10-12-25)32(33,34)35/h9-15,20-21,24,28,41H,4-8,16-19H2,1-3H3,(H,38,44)(H2,36,37,43)/t20-,21-,28-/m0/s1. The van der Waals surface area contributed by atoms with Gasteiger partial charge in [-0.2, -0.15) is 13.2 Å². The molecule has 45 heavy (non-hydrogen) atoms. The number of likely N-dealkylation sites (N-methyl/N-ethyl adjacent to an activating group) is 1. The molecule has 1 heterocycles. The number of carbonyl (C=O) groups excluding carboxylic acids is 3. The number of nitrogens with zero attached hydrogens (tertiary/aromatic N) is 2. The summed E-state index contributed by atoms with van der Waals surface area (Å²) in [7, 11) is 1.54. The minimum atomic E-state index is -4.49. The maximum atomic E-state index is 13.5. The SMILES string of the molecule is C[C@H]1CN([C@@H](C)CO)C(=O)Cc2cc(NC(=O)NC3CCCCC3)ccc2O[C@H]1CN(C)C(=O)Nc1ccc(C(F)(F)F)cc1. The number of rotatable bonds is 7. The monoisotopic (exact) mass is 633 g/mol. The quantitative estimate of drug-likeness (QED) is 0.322. The van der Waals surface area contributed by atoms with E-state index in [1.165, 1.54) is 23.5 Å². The van der Waals surface area contributed by atoms with E-state index in [1.807, 2.05) is 6.92 Å². The normalized spacial score (nSPS) is 20.1. The molecule has 4 rings (SSSR count). The first-order chi connectivity index (χ1) is 21.3. The molecule has 2 aromatic carbocycles. The lowest BCUT2D eigenvalue weighted by Gasteiger charge is -2.34. The molecule has 1 saturated carbocycles. The molecule has 1 aliphatic carbocycles. The largest absolute Gasteiger partial charge is 0.488 e. The zero-order valence-corrected chi connectivity index (χ0v) is 25.8. The van der Waals surface area contributed by atoms with E-state index in [-0.39, 0.29) is 55.7 Å². The highest BCUT2D eigenvalue weighted by Crippen LogP contribution is 2.31. The van der Waals surface area contributed by atoms with E-state index in [0.717, 1.165) is 37.8 Å². The van der Waals surface area contributed by atoms with Gasteiger partial charge in [0.05, 0.1) is 31.2 Å². The highest BCUT2D eigenvalue weighted by molar-refractivity contribution is 5.90. The van der Waals surface area contributed by atoms with Crippen LogP contribution in [0.2, 0.25) is 0 Å². The second kappa shape index (κ2) is 14.9. The van der Waals surface area contributed by atoms with Crippen molar-refractivity contribution in [1.82, 2.24) is 15.1 Å². The summed E-state index contributed by atoms with van der Waals surface area (Å²) in [5, 5.41) is 18.4. The van der Waals surface area contributed by atoms with Crippen molar-refractivity contribution in [3.05, 3.63) is 53.6 Å². The zero-order chi connectivity index (χ0) is 32.7. The second-order valence-electron chi connectivity index (χ2n) is 12.0. The Balaban J connectivity index is 1.51. The summed E-state index contributed by atoms with van der Waals surface area (Å²) in [5.74, 6) is -0.0751. The summed E-state index contributed by atoms with van der Waals surface area (Å²) >= 11 is 0. The molecule has 4 N–H and O–H groups in total. The van der Waals surface area contributed by atoms with Crippen LogP contribution in [0.15, 0.2) is 42.5 Å². The molecule has 5 amide bonds. The highest BCUT2D eigenvalue weighted by atomic mass is 19.4. The third kappa shape index (κ3) is 9.25. The number of anilines is 2. The fourth-order valence-electron chi connectivity index (χ4n) is 5.64. The number of fused-ring (bicyclic) bond motifs is 1. The first kappa shape index (κ1) is 33.9. The predicted molar refractivity (Wildman–Crippen MR) is 164 cm³/mol. The second-order valence-corrected chi connectivity index (χ2v) is 12.0. The van der Waals surface area contributed by atoms with Gasteiger partial charge in [-0.05, 0) is 62.2 Å². The van der Waals surface area contributed by atoms with Crippen LogP contribution in [0, 0.1) is 5.92 Å². The first-order valence-electron chi connectivity index (χ1n) is 15.3. The topological polar surface area (TPSA) is 123 Å². The van der Waals surface area contributed by atoms with Crippen LogP contribution in [-0.2, 0) is 17.4 Å². The minimum Gasteiger partial charge on any atom is -0.488 e. The maximum Gasteiger partial charge on any atom is 0.416 e. The van der Waals surface area contributed by atoms with Gasteiger partial charge in [0, 0.05) is 42.5 Å². The first-order valence-corrected chi connectivity index (χ1v) is 15.3. The van der Waals surface area contributed by atoms with Crippen LogP contribution in [0.1, 0.15) is 57.1 Å². The average Bonchev–Trinajstić information content (AvgIpc) is 3.04. The number of carbonyl (C=O) groups is 3. The van der Waals surface area contributed by atoms with Crippen molar-refractivity contribution in [3.63, 3.8) is 0 Å². The molecule has 13 heteroatoms. The van der Waals surface area contributed by atoms with Gasteiger partial charge < -0.3 is 35.6 Å². The highest BCUT2D eigenvalue weighted by Gasteiger charge is 2.33. The Morgan fingerprint density at radius 3 is 2.38 bits per heavy atom. The van der Waals surface area contributed by atoms with Crippen LogP contribution in [-0.4, -0.2) is 77.8 Å². The number of amides is 5. The fourth-order valence-corrected chi connectivity index (χ4v) is 5.64. The third-order valence-corrected chi connectivity index (χ3v) is 8.38. The van der Waals surface area contributed by atoms with Gasteiger partial charge >= 0.3 is 18.2 Å². The Hall–Kier alpha value is -4.00. The Kier molecular flexibility index (Phi) is 11.2. The van der Waals surface area contributed by atoms with Gasteiger partial charge in [0.15, 0.2) is 0 Å². The molecule has 0 unspecified atom stereocenters. The van der Waals surface area contributed by atoms with Gasteiger partial charge in [-0.3, -0.25) is 4.79 Å². The summed E-state index contributed by atoms with van der Waals surface area (Å²) in [5.41, 5.74) is 0.424. The molecule has 1 fully saturated rings. The van der Waals surface area contributed by atoms with Gasteiger partial charge in [0.1, 0.15) is 11.9 Å². The molecule has 246 valence electrons. The molecule has 2 aromatic rings. The van der Waals surface area contributed by atoms with Crippen molar-refractivity contribution in [1.29, 1.82) is 0 Å². The molecule has 0 spiro atoms. The van der Waals surface area contributed by atoms with Gasteiger partial charge in [-0.25, -0.2) is 9.59 Å². The van der Waals surface area contributed by atoms with Crippen LogP contribution >= 0.6 is 0 Å². The van der Waals surface area contributed by atoms with E-state index < -0.39 is 29.9 Å². The van der Waals surface area contributed by atoms with Crippen molar-refractivity contribution >= 4 is 29.3 Å². The number of aliphatic hydroxyl groups is 1. The molecule has 0 radical (unpaired) electrons. The molecule has 3 atom stereocenters. The number of hydrogen-bond donors (Lipinski definition) is 4. The number of hydrogen-bond acceptors (Lipinski definition) is 5. The lowest BCUT2D eigenvalue weighted by molar-refractivity contribution is -0.137. The summed E-state index contributed by atoms with van der Waals surface area (Å²) < 4.78 is 45.2. The lowest BCUT2D eigenvalue weighted by atomic mass is 9.96. The number of alkyl halides is 3. The van der Waals surface area contributed by atoms with Crippen molar-refractivity contribution in [2.24, 2.45) is 5.92 Å². The molecular weight excluding hydrogens is 591 g/mol. The molecule has 0 saturated heterocycles. The third-order valence-electron chi connectivity index (χ3n) is 8.38. The smallest absolute Gasteiger partial charge is 0.416 e. The van der Waals surface area contributed by atoms with E-state index in [2.05, 4.69) is 16.0 Å². The van der Waals surface area contributed by atoms with Crippen LogP contribution < -0.4 is 20.7 Å². The Labute approximate surface area is 261 Å². The lowest BCUT2D eigenvalue weighted by Crippen LogP contribution is -2.48. The van der Waals surface area contributed by atoms with Crippen LogP contribution in [0.4, 0.5) is 34.1 Å². The maximum absolute atomic E-state index is 13.5. The van der Waals surface area contributed by atoms with Crippen LogP contribution in [0.3, 0.4) is 0 Å². The van der Waals surface area contributed by atoms with Crippen molar-refractivity contribution < 1.29 is 37.4 Å². The predicted octanol–water partition coefficient (Wildman–Crippen LogP) is 5.47. The Morgan fingerprint density at radius 1 is 1.07 bits per heavy atom. The Morgan fingerprint density at radius 2 is 1.73 bits per heavy atom. The number of aliphatic hydroxyl groups excluding tert-OH is 1. The Bertz CT molecular complexity index is 1330. The van der Waals surface area contributed by atoms with Gasteiger partial charge in [-0.15, -0.1) is 0 Å². The van der Waals surface area contributed by atoms with Crippen molar-refractivity contribution in [2.45, 2.75) is 76.7 Å². The number of ether oxygens (including phenoxy) is 1. The molecule has 0 aromatic heterocycles. The van der Waals surface area contributed by atoms with E-state index in [1.54, 1.807) is 37.1 Å². The van der Waals surface area contributed by atoms with Crippen LogP contribution in [0.25, 0.3) is 0 Å². The van der Waals surface area contributed by atoms with Crippen molar-refractivity contribution in [2.75, 3.05) is 37.4 Å². The summed E-state index contributed by atoms with van der Waals surface area (Å²) in [6.07, 6.45) is 0.104. The summed E-state index contributed by atoms with van der Waals surface area (Å²) in [6, 6.07) is 8.03. The minimum absolute atomic E-state index is 0.0247. The number of nitrogens with one attached hydrogen (secondary N) is 3. The molecular formula is C32H42F3N5O5. The number of urea groups is 2. The van der Waals surface area contributed by atoms with E-state index in [0.29, 0.717) is 17.0 Å². The van der Waals surface area contributed by atoms with E-state index >= 15 is 0 Å². The van der Waals surface area contributed by atoms with Crippen molar-refractivity contribution in [3.8, 4) is 5.75 Å². The number of benzene rings is 2. The zero-order valence-electron chi connectivity index (χ0n) is 25.8. The molecule has 10 nitrogen and oxygen atoms in total. The fraction of sp³-hybridized carbons (Fsp3) is 0.531. The number of halogens is 3. The average molecular weight is 634 g/mol.